The second-order valence-electron chi connectivity index (χ2n) is 5.59. The minimum absolute atomic E-state index is 0.268. The van der Waals surface area contributed by atoms with Crippen LogP contribution in [0.15, 0.2) is 47.7 Å². The number of carbonyl (C=O) groups excluding carboxylic acids is 1. The van der Waals surface area contributed by atoms with Crippen molar-refractivity contribution >= 4 is 6.41 Å². The lowest BCUT2D eigenvalue weighted by molar-refractivity contribution is -0.428. The molecule has 2 aliphatic rings. The average Bonchev–Trinajstić information content (AvgIpc) is 2.59. The minimum atomic E-state index is -0.287. The second kappa shape index (κ2) is 8.32. The molecule has 5 nitrogen and oxygen atoms in total. The van der Waals surface area contributed by atoms with Crippen LogP contribution in [0.25, 0.3) is 0 Å². The molecule has 1 amide bonds. The van der Waals surface area contributed by atoms with Gasteiger partial charge in [-0.05, 0) is 37.3 Å². The highest BCUT2D eigenvalue weighted by molar-refractivity contribution is 5.47. The molecule has 2 rings (SSSR count). The molecule has 1 aliphatic carbocycles. The van der Waals surface area contributed by atoms with E-state index in [9.17, 15) is 14.9 Å². The van der Waals surface area contributed by atoms with Crippen LogP contribution in [0.1, 0.15) is 32.1 Å². The Balaban J connectivity index is 2.13. The lowest BCUT2D eigenvalue weighted by atomic mass is 9.92. The van der Waals surface area contributed by atoms with E-state index in [4.69, 9.17) is 0 Å². The van der Waals surface area contributed by atoms with E-state index < -0.39 is 0 Å². The van der Waals surface area contributed by atoms with E-state index in [1.54, 1.807) is 11.0 Å². The monoisotopic (exact) mass is 302 g/mol. The van der Waals surface area contributed by atoms with E-state index in [2.05, 4.69) is 24.3 Å². The van der Waals surface area contributed by atoms with Gasteiger partial charge in [-0.15, -0.1) is 0 Å². The molecule has 1 aliphatic heterocycles. The van der Waals surface area contributed by atoms with E-state index in [-0.39, 0.29) is 10.8 Å². The van der Waals surface area contributed by atoms with Crippen molar-refractivity contribution in [2.24, 2.45) is 5.92 Å². The van der Waals surface area contributed by atoms with Gasteiger partial charge in [0.05, 0.1) is 4.92 Å². The predicted octanol–water partition coefficient (Wildman–Crippen LogP) is 3.24. The maximum Gasteiger partial charge on any atom is 0.242 e. The van der Waals surface area contributed by atoms with Crippen LogP contribution in [0.5, 0.6) is 0 Å². The molecule has 0 spiro atoms. The van der Waals surface area contributed by atoms with Gasteiger partial charge in [0, 0.05) is 25.4 Å². The zero-order chi connectivity index (χ0) is 15.8. The maximum atomic E-state index is 11.0. The first-order chi connectivity index (χ1) is 10.7. The highest BCUT2D eigenvalue weighted by Gasteiger charge is 2.15. The van der Waals surface area contributed by atoms with Crippen LogP contribution < -0.4 is 0 Å². The van der Waals surface area contributed by atoms with Crippen molar-refractivity contribution in [2.45, 2.75) is 32.1 Å². The molecule has 1 unspecified atom stereocenters. The van der Waals surface area contributed by atoms with Crippen molar-refractivity contribution in [3.8, 4) is 0 Å². The Morgan fingerprint density at radius 1 is 1.23 bits per heavy atom. The highest BCUT2D eigenvalue weighted by Crippen LogP contribution is 2.23. The molecular formula is C17H22N2O3. The second-order valence-corrected chi connectivity index (χ2v) is 5.59. The molecule has 0 fully saturated rings. The van der Waals surface area contributed by atoms with Crippen LogP contribution in [-0.4, -0.2) is 29.3 Å². The Hall–Kier alpha value is -2.17. The third-order valence-electron chi connectivity index (χ3n) is 4.07. The Labute approximate surface area is 130 Å². The summed E-state index contributed by atoms with van der Waals surface area (Å²) in [5.41, 5.74) is 1.48. The van der Waals surface area contributed by atoms with Gasteiger partial charge in [-0.3, -0.25) is 14.9 Å². The first-order valence-corrected chi connectivity index (χ1v) is 7.76. The predicted molar refractivity (Wildman–Crippen MR) is 85.7 cm³/mol. The minimum Gasteiger partial charge on any atom is -0.345 e. The van der Waals surface area contributed by atoms with E-state index in [1.165, 1.54) is 5.57 Å². The summed E-state index contributed by atoms with van der Waals surface area (Å²) in [4.78, 5) is 23.4. The summed E-state index contributed by atoms with van der Waals surface area (Å²) < 4.78 is 0. The van der Waals surface area contributed by atoms with E-state index in [1.807, 2.05) is 6.08 Å². The summed E-state index contributed by atoms with van der Waals surface area (Å²) in [5.74, 6) is 0.268. The number of carbonyl (C=O) groups is 1. The lowest BCUT2D eigenvalue weighted by Gasteiger charge is -2.23. The Morgan fingerprint density at radius 2 is 2.09 bits per heavy atom. The van der Waals surface area contributed by atoms with Gasteiger partial charge in [0.2, 0.25) is 12.1 Å². The summed E-state index contributed by atoms with van der Waals surface area (Å²) in [6.45, 7) is 1.52. The normalized spacial score (nSPS) is 27.1. The molecule has 0 aromatic heterocycles. The Kier molecular flexibility index (Phi) is 6.13. The topological polar surface area (TPSA) is 63.5 Å². The van der Waals surface area contributed by atoms with Gasteiger partial charge in [-0.1, -0.05) is 30.4 Å². The molecule has 0 radical (unpaired) electrons. The number of hydrogen-bond acceptors (Lipinski definition) is 3. The van der Waals surface area contributed by atoms with Crippen LogP contribution >= 0.6 is 0 Å². The van der Waals surface area contributed by atoms with Crippen molar-refractivity contribution in [1.82, 2.24) is 4.90 Å². The zero-order valence-corrected chi connectivity index (χ0v) is 12.7. The van der Waals surface area contributed by atoms with Gasteiger partial charge >= 0.3 is 0 Å². The molecule has 1 heterocycles. The Bertz CT molecular complexity index is 532. The zero-order valence-electron chi connectivity index (χ0n) is 12.7. The van der Waals surface area contributed by atoms with Gasteiger partial charge in [0.1, 0.15) is 0 Å². The molecule has 22 heavy (non-hydrogen) atoms. The van der Waals surface area contributed by atoms with Crippen molar-refractivity contribution in [1.29, 1.82) is 0 Å². The van der Waals surface area contributed by atoms with Crippen LogP contribution in [0.2, 0.25) is 0 Å². The number of rotatable bonds is 3. The van der Waals surface area contributed by atoms with Crippen LogP contribution in [0.3, 0.4) is 0 Å². The molecule has 1 atom stereocenters. The first-order valence-electron chi connectivity index (χ1n) is 7.76. The summed E-state index contributed by atoms with van der Waals surface area (Å²) in [7, 11) is 0. The van der Waals surface area contributed by atoms with Crippen LogP contribution in [0, 0.1) is 16.0 Å². The van der Waals surface area contributed by atoms with Gasteiger partial charge in [0.15, 0.2) is 0 Å². The smallest absolute Gasteiger partial charge is 0.242 e. The number of nitro groups is 1. The standard InChI is InChI=1S/C17H22N2O3/c20-14-18-12-4-3-7-16(11-13-18)15-6-1-2-9-17(19(21)22)10-5-8-15/h1,3,6-8,10,14,16H,2,4-5,9,11-13H2/b6-1-,7-3?,15-8?,17-10+. The van der Waals surface area contributed by atoms with Crippen molar-refractivity contribution in [3.63, 3.8) is 0 Å². The Morgan fingerprint density at radius 3 is 2.86 bits per heavy atom. The van der Waals surface area contributed by atoms with Crippen molar-refractivity contribution in [2.75, 3.05) is 13.1 Å². The summed E-state index contributed by atoms with van der Waals surface area (Å²) >= 11 is 0. The molecule has 0 saturated carbocycles. The fourth-order valence-corrected chi connectivity index (χ4v) is 2.79. The number of nitrogens with zero attached hydrogens (tertiary/aromatic N) is 2. The maximum absolute atomic E-state index is 11.0. The first kappa shape index (κ1) is 16.2. The number of allylic oxidation sites excluding steroid dienone is 7. The fraction of sp³-hybridized carbons (Fsp3) is 0.471. The highest BCUT2D eigenvalue weighted by atomic mass is 16.6. The summed E-state index contributed by atoms with van der Waals surface area (Å²) in [5, 5.41) is 10.9. The van der Waals surface area contributed by atoms with Gasteiger partial charge in [0.25, 0.3) is 0 Å². The molecule has 5 heteroatoms. The van der Waals surface area contributed by atoms with Gasteiger partial charge in [-0.25, -0.2) is 0 Å². The molecular weight excluding hydrogens is 280 g/mol. The van der Waals surface area contributed by atoms with Gasteiger partial charge in [-0.2, -0.15) is 0 Å². The third-order valence-corrected chi connectivity index (χ3v) is 4.07. The molecule has 118 valence electrons. The molecule has 0 bridgehead atoms. The molecule has 0 aromatic rings. The average molecular weight is 302 g/mol. The number of hydrogen-bond donors (Lipinski definition) is 0. The quantitative estimate of drug-likeness (QED) is 0.348. The van der Waals surface area contributed by atoms with Crippen molar-refractivity contribution in [3.05, 3.63) is 57.8 Å². The summed E-state index contributed by atoms with van der Waals surface area (Å²) in [6.07, 6.45) is 16.6. The van der Waals surface area contributed by atoms with Crippen molar-refractivity contribution < 1.29 is 9.72 Å². The molecule has 0 N–H and O–H groups in total. The molecule has 0 saturated heterocycles. The summed E-state index contributed by atoms with van der Waals surface area (Å²) in [6, 6.07) is 0. The number of amides is 1. The molecule has 0 aromatic carbocycles. The fourth-order valence-electron chi connectivity index (χ4n) is 2.79. The largest absolute Gasteiger partial charge is 0.345 e. The van der Waals surface area contributed by atoms with E-state index in [0.717, 1.165) is 32.3 Å². The van der Waals surface area contributed by atoms with E-state index >= 15 is 0 Å². The van der Waals surface area contributed by atoms with E-state index in [0.29, 0.717) is 25.0 Å². The van der Waals surface area contributed by atoms with Gasteiger partial charge < -0.3 is 4.90 Å². The van der Waals surface area contributed by atoms with Crippen LogP contribution in [0.4, 0.5) is 0 Å². The third kappa shape index (κ3) is 4.69. The van der Waals surface area contributed by atoms with Crippen LogP contribution in [-0.2, 0) is 4.79 Å². The SMILES string of the molecule is O=CN1CCC=CC(C2=CC/C=C(/[N+](=O)[O-])CC/C=C\2)CC1. The lowest BCUT2D eigenvalue weighted by Crippen LogP contribution is -2.27.